The van der Waals surface area contributed by atoms with Gasteiger partial charge in [-0.1, -0.05) is 26.8 Å². The van der Waals surface area contributed by atoms with E-state index in [2.05, 4.69) is 25.8 Å². The van der Waals surface area contributed by atoms with Crippen LogP contribution in [0.4, 0.5) is 0 Å². The summed E-state index contributed by atoms with van der Waals surface area (Å²) in [5, 5.41) is 0. The molecule has 3 nitrogen and oxygen atoms in total. The van der Waals surface area contributed by atoms with Crippen molar-refractivity contribution in [1.82, 2.24) is 4.98 Å². The molecule has 0 N–H and O–H groups in total. The van der Waals surface area contributed by atoms with E-state index >= 15 is 0 Å². The summed E-state index contributed by atoms with van der Waals surface area (Å²) in [6.07, 6.45) is 0.354. The number of nitrogens with zero attached hydrogens (tertiary/aromatic N) is 1. The minimum atomic E-state index is -0.210. The average molecular weight is 191 g/mol. The Hall–Kier alpha value is -1.38. The second-order valence-electron chi connectivity index (χ2n) is 4.56. The van der Waals surface area contributed by atoms with Crippen molar-refractivity contribution in [2.24, 2.45) is 0 Å². The highest BCUT2D eigenvalue weighted by molar-refractivity contribution is 5.79. The Kier molecular flexibility index (Phi) is 1.84. The average Bonchev–Trinajstić information content (AvgIpc) is 2.41. The molecule has 0 bridgehead atoms. The number of ether oxygens (including phenoxy) is 1. The molecule has 0 spiro atoms. The maximum Gasteiger partial charge on any atom is 0.317 e. The van der Waals surface area contributed by atoms with Crippen LogP contribution in [0.1, 0.15) is 32.0 Å². The van der Waals surface area contributed by atoms with Gasteiger partial charge in [0.05, 0.1) is 6.42 Å². The zero-order chi connectivity index (χ0) is 10.3. The highest BCUT2D eigenvalue weighted by Gasteiger charge is 2.24. The number of aromatic nitrogens is 1. The number of fused-ring (bicyclic) bond motifs is 1. The summed E-state index contributed by atoms with van der Waals surface area (Å²) in [5.74, 6) is 0.279. The van der Waals surface area contributed by atoms with Crippen LogP contribution in [0.2, 0.25) is 0 Å². The van der Waals surface area contributed by atoms with Crippen LogP contribution in [0.15, 0.2) is 12.1 Å². The number of hydrogen-bond donors (Lipinski definition) is 0. The van der Waals surface area contributed by atoms with E-state index in [1.54, 1.807) is 0 Å². The van der Waals surface area contributed by atoms with Crippen LogP contribution in [-0.4, -0.2) is 11.0 Å². The van der Waals surface area contributed by atoms with Crippen LogP contribution in [0, 0.1) is 0 Å². The molecule has 0 atom stereocenters. The van der Waals surface area contributed by atoms with Crippen molar-refractivity contribution >= 4 is 5.97 Å². The molecule has 74 valence electrons. The fraction of sp³-hybridized carbons (Fsp3) is 0.455. The molecule has 0 aliphatic carbocycles. The number of carbonyl (C=O) groups is 1. The van der Waals surface area contributed by atoms with E-state index in [0.29, 0.717) is 12.3 Å². The van der Waals surface area contributed by atoms with E-state index in [4.69, 9.17) is 4.74 Å². The first-order valence-electron chi connectivity index (χ1n) is 4.68. The van der Waals surface area contributed by atoms with Crippen molar-refractivity contribution in [3.63, 3.8) is 0 Å². The van der Waals surface area contributed by atoms with Crippen LogP contribution in [0.3, 0.4) is 0 Å². The number of rotatable bonds is 0. The van der Waals surface area contributed by atoms with Gasteiger partial charge < -0.3 is 4.74 Å². The number of esters is 1. The van der Waals surface area contributed by atoms with Crippen LogP contribution < -0.4 is 4.74 Å². The third-order valence-electron chi connectivity index (χ3n) is 2.25. The normalized spacial score (nSPS) is 15.2. The molecule has 2 rings (SSSR count). The van der Waals surface area contributed by atoms with Gasteiger partial charge in [0.2, 0.25) is 5.88 Å². The predicted octanol–water partition coefficient (Wildman–Crippen LogP) is 1.84. The first kappa shape index (κ1) is 9.19. The van der Waals surface area contributed by atoms with E-state index in [1.165, 1.54) is 0 Å². The predicted molar refractivity (Wildman–Crippen MR) is 52.3 cm³/mol. The Balaban J connectivity index is 2.43. The molecule has 0 amide bonds. The zero-order valence-electron chi connectivity index (χ0n) is 8.63. The minimum Gasteiger partial charge on any atom is -0.407 e. The number of hydrogen-bond acceptors (Lipinski definition) is 3. The molecule has 1 aromatic heterocycles. The van der Waals surface area contributed by atoms with Gasteiger partial charge in [-0.05, 0) is 6.07 Å². The van der Waals surface area contributed by atoms with E-state index in [0.717, 1.165) is 11.3 Å². The van der Waals surface area contributed by atoms with Crippen LogP contribution in [0.5, 0.6) is 5.88 Å². The largest absolute Gasteiger partial charge is 0.407 e. The highest BCUT2D eigenvalue weighted by Crippen LogP contribution is 2.28. The van der Waals surface area contributed by atoms with Crippen molar-refractivity contribution < 1.29 is 9.53 Å². The molecule has 0 radical (unpaired) electrons. The first-order chi connectivity index (χ1) is 6.47. The Morgan fingerprint density at radius 1 is 1.36 bits per heavy atom. The lowest BCUT2D eigenvalue weighted by molar-refractivity contribution is -0.132. The van der Waals surface area contributed by atoms with Gasteiger partial charge in [0.15, 0.2) is 0 Å². The lowest BCUT2D eigenvalue weighted by atomic mass is 9.91. The van der Waals surface area contributed by atoms with Crippen LogP contribution >= 0.6 is 0 Å². The van der Waals surface area contributed by atoms with Crippen LogP contribution in [-0.2, 0) is 16.6 Å². The highest BCUT2D eigenvalue weighted by atomic mass is 16.5. The summed E-state index contributed by atoms with van der Waals surface area (Å²) in [7, 11) is 0. The standard InChI is InChI=1S/C11H13NO2/c1-11(2,3)8-5-4-7-6-9(13)14-10(7)12-8/h4-5H,6H2,1-3H3. The second kappa shape index (κ2) is 2.80. The molecule has 3 heteroatoms. The molecule has 1 aliphatic heterocycles. The first-order valence-corrected chi connectivity index (χ1v) is 4.68. The van der Waals surface area contributed by atoms with Crippen LogP contribution in [0.25, 0.3) is 0 Å². The van der Waals surface area contributed by atoms with Crippen molar-refractivity contribution in [3.8, 4) is 5.88 Å². The number of carbonyl (C=O) groups excluding carboxylic acids is 1. The summed E-state index contributed by atoms with van der Waals surface area (Å²) in [6.45, 7) is 6.25. The smallest absolute Gasteiger partial charge is 0.317 e. The Morgan fingerprint density at radius 2 is 2.07 bits per heavy atom. The van der Waals surface area contributed by atoms with Crippen molar-refractivity contribution in [2.75, 3.05) is 0 Å². The molecule has 0 fully saturated rings. The molecule has 0 unspecified atom stereocenters. The quantitative estimate of drug-likeness (QED) is 0.587. The van der Waals surface area contributed by atoms with E-state index in [9.17, 15) is 4.79 Å². The second-order valence-corrected chi connectivity index (χ2v) is 4.56. The van der Waals surface area contributed by atoms with E-state index in [1.807, 2.05) is 12.1 Å². The molecular weight excluding hydrogens is 178 g/mol. The van der Waals surface area contributed by atoms with Crippen molar-refractivity contribution in [2.45, 2.75) is 32.6 Å². The fourth-order valence-electron chi connectivity index (χ4n) is 1.41. The van der Waals surface area contributed by atoms with E-state index in [-0.39, 0.29) is 11.4 Å². The lowest BCUT2D eigenvalue weighted by Crippen LogP contribution is -2.13. The van der Waals surface area contributed by atoms with Gasteiger partial charge in [-0.2, -0.15) is 0 Å². The van der Waals surface area contributed by atoms with Gasteiger partial charge >= 0.3 is 5.97 Å². The summed E-state index contributed by atoms with van der Waals surface area (Å²) in [5.41, 5.74) is 1.83. The van der Waals surface area contributed by atoms with Crippen molar-refractivity contribution in [3.05, 3.63) is 23.4 Å². The van der Waals surface area contributed by atoms with Gasteiger partial charge in [0.25, 0.3) is 0 Å². The van der Waals surface area contributed by atoms with Gasteiger partial charge in [-0.15, -0.1) is 0 Å². The maximum atomic E-state index is 11.0. The maximum absolute atomic E-state index is 11.0. The topological polar surface area (TPSA) is 39.2 Å². The SMILES string of the molecule is CC(C)(C)c1ccc2c(n1)OC(=O)C2. The summed E-state index contributed by atoms with van der Waals surface area (Å²) in [4.78, 5) is 15.3. The molecule has 1 aromatic rings. The summed E-state index contributed by atoms with van der Waals surface area (Å²) in [6, 6.07) is 3.88. The number of pyridine rings is 1. The molecule has 0 saturated carbocycles. The van der Waals surface area contributed by atoms with Gasteiger partial charge in [-0.3, -0.25) is 4.79 Å². The van der Waals surface area contributed by atoms with Gasteiger partial charge in [0, 0.05) is 16.7 Å². The molecule has 1 aliphatic rings. The monoisotopic (exact) mass is 191 g/mol. The summed E-state index contributed by atoms with van der Waals surface area (Å²) < 4.78 is 4.99. The molecule has 14 heavy (non-hydrogen) atoms. The summed E-state index contributed by atoms with van der Waals surface area (Å²) >= 11 is 0. The Labute approximate surface area is 83.1 Å². The molecule has 2 heterocycles. The Morgan fingerprint density at radius 3 is 2.71 bits per heavy atom. The Bertz CT molecular complexity index is 391. The van der Waals surface area contributed by atoms with Gasteiger partial charge in [0.1, 0.15) is 0 Å². The fourth-order valence-corrected chi connectivity index (χ4v) is 1.41. The lowest BCUT2D eigenvalue weighted by Gasteiger charge is -2.17. The molecule has 0 saturated heterocycles. The third-order valence-corrected chi connectivity index (χ3v) is 2.25. The molecular formula is C11H13NO2. The van der Waals surface area contributed by atoms with E-state index < -0.39 is 0 Å². The minimum absolute atomic E-state index is 0.00989. The van der Waals surface area contributed by atoms with Gasteiger partial charge in [-0.25, -0.2) is 4.98 Å². The third kappa shape index (κ3) is 1.50. The molecule has 0 aromatic carbocycles. The van der Waals surface area contributed by atoms with Crippen molar-refractivity contribution in [1.29, 1.82) is 0 Å². The zero-order valence-corrected chi connectivity index (χ0v) is 8.63.